The molecular weight excluding hydrogens is 246 g/mol. The first kappa shape index (κ1) is 15.0. The molecule has 0 amide bonds. The molecule has 1 unspecified atom stereocenters. The van der Waals surface area contributed by atoms with Gasteiger partial charge >= 0.3 is 0 Å². The van der Waals surface area contributed by atoms with Crippen LogP contribution in [0.25, 0.3) is 0 Å². The van der Waals surface area contributed by atoms with Gasteiger partial charge in [-0.25, -0.2) is 0 Å². The Balaban J connectivity index is 1.98. The van der Waals surface area contributed by atoms with E-state index in [2.05, 4.69) is 42.3 Å². The van der Waals surface area contributed by atoms with Crippen molar-refractivity contribution in [3.8, 4) is 6.07 Å². The van der Waals surface area contributed by atoms with E-state index in [0.717, 1.165) is 38.9 Å². The molecule has 108 valence electrons. The predicted molar refractivity (Wildman–Crippen MR) is 82.2 cm³/mol. The fourth-order valence-electron chi connectivity index (χ4n) is 2.87. The van der Waals surface area contributed by atoms with Gasteiger partial charge in [-0.15, -0.1) is 0 Å². The minimum Gasteiger partial charge on any atom is -0.301 e. The summed E-state index contributed by atoms with van der Waals surface area (Å²) in [6, 6.07) is 13.4. The molecule has 2 rings (SSSR count). The Morgan fingerprint density at radius 2 is 2.00 bits per heavy atom. The quantitative estimate of drug-likeness (QED) is 0.915. The van der Waals surface area contributed by atoms with Gasteiger partial charge in [0, 0.05) is 19.1 Å². The van der Waals surface area contributed by atoms with Crippen LogP contribution in [0, 0.1) is 11.3 Å². The number of rotatable bonds is 4. The monoisotopic (exact) mass is 271 g/mol. The van der Waals surface area contributed by atoms with Crippen molar-refractivity contribution in [2.75, 3.05) is 13.1 Å². The van der Waals surface area contributed by atoms with E-state index in [9.17, 15) is 5.26 Å². The average molecular weight is 271 g/mol. The van der Waals surface area contributed by atoms with Crippen LogP contribution >= 0.6 is 0 Å². The predicted octanol–water partition coefficient (Wildman–Crippen LogP) is 2.93. The van der Waals surface area contributed by atoms with Crippen molar-refractivity contribution in [3.05, 3.63) is 35.9 Å². The molecule has 0 saturated carbocycles. The smallest absolute Gasteiger partial charge is 0.108 e. The van der Waals surface area contributed by atoms with Crippen molar-refractivity contribution in [3.63, 3.8) is 0 Å². The Hall–Kier alpha value is -1.37. The van der Waals surface area contributed by atoms with E-state index in [1.807, 2.05) is 18.2 Å². The van der Waals surface area contributed by atoms with E-state index in [1.54, 1.807) is 0 Å². The van der Waals surface area contributed by atoms with Crippen LogP contribution in [0.2, 0.25) is 0 Å². The van der Waals surface area contributed by atoms with Crippen LogP contribution in [0.15, 0.2) is 30.3 Å². The number of nitrogens with zero attached hydrogens (tertiary/aromatic N) is 2. The van der Waals surface area contributed by atoms with Crippen LogP contribution in [0.3, 0.4) is 0 Å². The third-order valence-electron chi connectivity index (χ3n) is 4.29. The highest BCUT2D eigenvalue weighted by molar-refractivity contribution is 5.16. The topological polar surface area (TPSA) is 39.1 Å². The lowest BCUT2D eigenvalue weighted by atomic mass is 9.92. The summed E-state index contributed by atoms with van der Waals surface area (Å²) in [6.07, 6.45) is 2.95. The van der Waals surface area contributed by atoms with Gasteiger partial charge in [0.2, 0.25) is 0 Å². The zero-order valence-electron chi connectivity index (χ0n) is 12.6. The van der Waals surface area contributed by atoms with Gasteiger partial charge in [0.1, 0.15) is 5.54 Å². The first-order chi connectivity index (χ1) is 9.65. The zero-order chi connectivity index (χ0) is 14.4. The van der Waals surface area contributed by atoms with Crippen molar-refractivity contribution in [2.24, 2.45) is 0 Å². The van der Waals surface area contributed by atoms with Crippen LogP contribution in [-0.4, -0.2) is 29.6 Å². The molecule has 0 radical (unpaired) electrons. The molecule has 1 N–H and O–H groups in total. The third-order valence-corrected chi connectivity index (χ3v) is 4.29. The summed E-state index contributed by atoms with van der Waals surface area (Å²) < 4.78 is 0. The summed E-state index contributed by atoms with van der Waals surface area (Å²) in [5.41, 5.74) is 0.881. The SMILES string of the molecule is CC(C)N1CCCC(C#N)(NCc2ccccc2)CC1. The number of hydrogen-bond donors (Lipinski definition) is 1. The Morgan fingerprint density at radius 1 is 1.25 bits per heavy atom. The standard InChI is InChI=1S/C17H25N3/c1-15(2)20-11-6-9-17(14-18,10-12-20)19-13-16-7-4-3-5-8-16/h3-5,7-8,15,19H,6,9-13H2,1-2H3. The lowest BCUT2D eigenvalue weighted by molar-refractivity contribution is 0.225. The number of nitrogens with one attached hydrogen (secondary N) is 1. The van der Waals surface area contributed by atoms with E-state index >= 15 is 0 Å². The molecule has 20 heavy (non-hydrogen) atoms. The van der Waals surface area contributed by atoms with Gasteiger partial charge in [0.25, 0.3) is 0 Å². The zero-order valence-corrected chi connectivity index (χ0v) is 12.6. The largest absolute Gasteiger partial charge is 0.301 e. The number of likely N-dealkylation sites (tertiary alicyclic amines) is 1. The van der Waals surface area contributed by atoms with Crippen molar-refractivity contribution in [1.82, 2.24) is 10.2 Å². The molecule has 1 atom stereocenters. The molecule has 1 saturated heterocycles. The van der Waals surface area contributed by atoms with Crippen LogP contribution < -0.4 is 5.32 Å². The van der Waals surface area contributed by atoms with E-state index in [4.69, 9.17) is 0 Å². The summed E-state index contributed by atoms with van der Waals surface area (Å²) in [5.74, 6) is 0. The van der Waals surface area contributed by atoms with E-state index in [1.165, 1.54) is 5.56 Å². The average Bonchev–Trinajstić information content (AvgIpc) is 2.69. The van der Waals surface area contributed by atoms with E-state index < -0.39 is 0 Å². The highest BCUT2D eigenvalue weighted by Gasteiger charge is 2.32. The second-order valence-electron chi connectivity index (χ2n) is 6.02. The number of benzene rings is 1. The van der Waals surface area contributed by atoms with Crippen LogP contribution in [0.1, 0.15) is 38.7 Å². The molecule has 1 fully saturated rings. The first-order valence-electron chi connectivity index (χ1n) is 7.59. The Bertz CT molecular complexity index is 449. The van der Waals surface area contributed by atoms with Gasteiger partial charge in [0.05, 0.1) is 6.07 Å². The molecule has 0 spiro atoms. The fraction of sp³-hybridized carbons (Fsp3) is 0.588. The van der Waals surface area contributed by atoms with Crippen molar-refractivity contribution < 1.29 is 0 Å². The summed E-state index contributed by atoms with van der Waals surface area (Å²) in [6.45, 7) is 7.35. The molecule has 3 nitrogen and oxygen atoms in total. The molecule has 1 heterocycles. The molecule has 1 aliphatic rings. The fourth-order valence-corrected chi connectivity index (χ4v) is 2.87. The highest BCUT2D eigenvalue weighted by atomic mass is 15.2. The Morgan fingerprint density at radius 3 is 2.65 bits per heavy atom. The summed E-state index contributed by atoms with van der Waals surface area (Å²) >= 11 is 0. The van der Waals surface area contributed by atoms with Gasteiger partial charge in [-0.1, -0.05) is 30.3 Å². The number of hydrogen-bond acceptors (Lipinski definition) is 3. The molecule has 3 heteroatoms. The molecule has 1 aromatic carbocycles. The second kappa shape index (κ2) is 6.88. The van der Waals surface area contributed by atoms with Gasteiger partial charge in [-0.05, 0) is 45.2 Å². The maximum atomic E-state index is 9.64. The van der Waals surface area contributed by atoms with Gasteiger partial charge in [0.15, 0.2) is 0 Å². The number of nitriles is 1. The molecule has 1 aliphatic heterocycles. The van der Waals surface area contributed by atoms with E-state index in [-0.39, 0.29) is 5.54 Å². The third kappa shape index (κ3) is 3.82. The summed E-state index contributed by atoms with van der Waals surface area (Å²) in [4.78, 5) is 2.48. The molecule has 0 bridgehead atoms. The molecular formula is C17H25N3. The van der Waals surface area contributed by atoms with E-state index in [0.29, 0.717) is 6.04 Å². The maximum absolute atomic E-state index is 9.64. The Labute approximate surface area is 122 Å². The Kier molecular flexibility index (Phi) is 5.17. The van der Waals surface area contributed by atoms with Crippen LogP contribution in [-0.2, 0) is 6.54 Å². The van der Waals surface area contributed by atoms with Gasteiger partial charge in [-0.3, -0.25) is 5.32 Å². The van der Waals surface area contributed by atoms with Crippen molar-refractivity contribution in [1.29, 1.82) is 5.26 Å². The highest BCUT2D eigenvalue weighted by Crippen LogP contribution is 2.23. The lowest BCUT2D eigenvalue weighted by Crippen LogP contribution is -2.44. The normalized spacial score (nSPS) is 24.3. The van der Waals surface area contributed by atoms with Crippen molar-refractivity contribution >= 4 is 0 Å². The second-order valence-corrected chi connectivity index (χ2v) is 6.02. The van der Waals surface area contributed by atoms with Crippen LogP contribution in [0.4, 0.5) is 0 Å². The first-order valence-corrected chi connectivity index (χ1v) is 7.59. The van der Waals surface area contributed by atoms with Gasteiger partial charge < -0.3 is 4.90 Å². The lowest BCUT2D eigenvalue weighted by Gasteiger charge is -2.28. The summed E-state index contributed by atoms with van der Waals surface area (Å²) in [5, 5.41) is 13.2. The van der Waals surface area contributed by atoms with Crippen LogP contribution in [0.5, 0.6) is 0 Å². The molecule has 0 aliphatic carbocycles. The summed E-state index contributed by atoms with van der Waals surface area (Å²) in [7, 11) is 0. The minimum absolute atomic E-state index is 0.362. The maximum Gasteiger partial charge on any atom is 0.108 e. The van der Waals surface area contributed by atoms with Gasteiger partial charge in [-0.2, -0.15) is 5.26 Å². The minimum atomic E-state index is -0.362. The molecule has 0 aromatic heterocycles. The molecule has 1 aromatic rings. The van der Waals surface area contributed by atoms with Crippen molar-refractivity contribution in [2.45, 2.75) is 51.2 Å².